The Kier molecular flexibility index (Phi) is 5.17. The zero-order valence-corrected chi connectivity index (χ0v) is 15.4. The molecule has 4 nitrogen and oxygen atoms in total. The van der Waals surface area contributed by atoms with Crippen molar-refractivity contribution in [3.63, 3.8) is 0 Å². The lowest BCUT2D eigenvalue weighted by Crippen LogP contribution is -2.00. The molecule has 0 saturated carbocycles. The number of halogens is 1. The van der Waals surface area contributed by atoms with E-state index in [2.05, 4.69) is 15.3 Å². The number of ether oxygens (including phenoxy) is 1. The smallest absolute Gasteiger partial charge is 0.138 e. The van der Waals surface area contributed by atoms with Gasteiger partial charge in [-0.25, -0.2) is 9.97 Å². The van der Waals surface area contributed by atoms with Gasteiger partial charge in [0.05, 0.1) is 10.5 Å². The number of hydrogen-bond acceptors (Lipinski definition) is 4. The van der Waals surface area contributed by atoms with Crippen LogP contribution in [-0.4, -0.2) is 9.97 Å². The molecule has 134 valence electrons. The summed E-state index contributed by atoms with van der Waals surface area (Å²) < 4.78 is 5.82. The van der Waals surface area contributed by atoms with E-state index in [0.717, 1.165) is 27.7 Å². The van der Waals surface area contributed by atoms with Gasteiger partial charge in [0.2, 0.25) is 0 Å². The molecule has 4 rings (SSSR count). The molecule has 0 spiro atoms. The van der Waals surface area contributed by atoms with Crippen LogP contribution in [0.15, 0.2) is 79.3 Å². The molecule has 0 unspecified atom stereocenters. The molecule has 0 radical (unpaired) electrons. The molecule has 1 N–H and O–H groups in total. The molecule has 1 aromatic heterocycles. The Morgan fingerprint density at radius 3 is 2.67 bits per heavy atom. The van der Waals surface area contributed by atoms with Gasteiger partial charge in [-0.1, -0.05) is 48.0 Å². The predicted octanol–water partition coefficient (Wildman–Crippen LogP) is 5.47. The van der Waals surface area contributed by atoms with Crippen LogP contribution in [0.25, 0.3) is 10.9 Å². The van der Waals surface area contributed by atoms with E-state index in [1.165, 1.54) is 0 Å². The minimum absolute atomic E-state index is 0.497. The summed E-state index contributed by atoms with van der Waals surface area (Å²) >= 11 is 6.39. The minimum Gasteiger partial charge on any atom is -0.487 e. The van der Waals surface area contributed by atoms with Crippen molar-refractivity contribution in [3.05, 3.63) is 95.4 Å². The number of rotatable bonds is 6. The topological polar surface area (TPSA) is 47.0 Å². The Bertz CT molecular complexity index is 1050. The molecular weight excluding hydrogens is 358 g/mol. The normalized spacial score (nSPS) is 10.7. The van der Waals surface area contributed by atoms with E-state index in [4.69, 9.17) is 16.3 Å². The van der Waals surface area contributed by atoms with E-state index < -0.39 is 0 Å². The lowest BCUT2D eigenvalue weighted by Gasteiger charge is -2.11. The maximum absolute atomic E-state index is 6.39. The van der Waals surface area contributed by atoms with E-state index in [9.17, 15) is 0 Å². The van der Waals surface area contributed by atoms with Gasteiger partial charge in [0.1, 0.15) is 18.7 Å². The Balaban J connectivity index is 1.39. The molecule has 0 aliphatic rings. The first-order chi connectivity index (χ1) is 13.3. The Morgan fingerprint density at radius 2 is 1.81 bits per heavy atom. The van der Waals surface area contributed by atoms with Crippen molar-refractivity contribution in [1.29, 1.82) is 0 Å². The predicted molar refractivity (Wildman–Crippen MR) is 109 cm³/mol. The highest BCUT2D eigenvalue weighted by atomic mass is 35.5. The number of anilines is 1. The van der Waals surface area contributed by atoms with Gasteiger partial charge in [-0.05, 0) is 41.5 Å². The second-order valence-electron chi connectivity index (χ2n) is 6.19. The average molecular weight is 376 g/mol. The average Bonchev–Trinajstić information content (AvgIpc) is 2.72. The molecule has 0 bridgehead atoms. The van der Waals surface area contributed by atoms with Crippen LogP contribution in [0.3, 0.4) is 0 Å². The van der Waals surface area contributed by atoms with Crippen LogP contribution >= 0.6 is 11.6 Å². The molecule has 27 heavy (non-hydrogen) atoms. The Morgan fingerprint density at radius 1 is 0.926 bits per heavy atom. The Labute approximate surface area is 162 Å². The summed E-state index contributed by atoms with van der Waals surface area (Å²) in [4.78, 5) is 8.31. The van der Waals surface area contributed by atoms with Gasteiger partial charge >= 0.3 is 0 Å². The maximum atomic E-state index is 6.39. The van der Waals surface area contributed by atoms with Gasteiger partial charge in [-0.3, -0.25) is 0 Å². The summed E-state index contributed by atoms with van der Waals surface area (Å²) in [5.74, 6) is 0.687. The standard InChI is InChI=1S/C22H18ClN3O/c23-20-10-17(6-9-22(20)27-14-16-4-2-1-3-5-16)12-25-19-8-7-18-13-24-15-26-21(18)11-19/h1-11,13,15,25H,12,14H2. The van der Waals surface area contributed by atoms with Crippen molar-refractivity contribution < 1.29 is 4.74 Å². The number of hydrogen-bond donors (Lipinski definition) is 1. The van der Waals surface area contributed by atoms with Crippen LogP contribution in [0.1, 0.15) is 11.1 Å². The van der Waals surface area contributed by atoms with Gasteiger partial charge in [-0.15, -0.1) is 0 Å². The highest BCUT2D eigenvalue weighted by molar-refractivity contribution is 6.32. The molecule has 0 atom stereocenters. The van der Waals surface area contributed by atoms with Crippen molar-refractivity contribution in [2.24, 2.45) is 0 Å². The van der Waals surface area contributed by atoms with Crippen molar-refractivity contribution in [2.75, 3.05) is 5.32 Å². The van der Waals surface area contributed by atoms with Crippen molar-refractivity contribution in [1.82, 2.24) is 9.97 Å². The van der Waals surface area contributed by atoms with E-state index in [0.29, 0.717) is 23.9 Å². The molecule has 5 heteroatoms. The molecule has 1 heterocycles. The summed E-state index contributed by atoms with van der Waals surface area (Å²) in [5, 5.41) is 5.03. The van der Waals surface area contributed by atoms with Crippen LogP contribution in [-0.2, 0) is 13.2 Å². The van der Waals surface area contributed by atoms with Crippen LogP contribution in [0.5, 0.6) is 5.75 Å². The highest BCUT2D eigenvalue weighted by Gasteiger charge is 2.05. The number of nitrogens with one attached hydrogen (secondary N) is 1. The fourth-order valence-corrected chi connectivity index (χ4v) is 3.05. The van der Waals surface area contributed by atoms with Crippen LogP contribution in [0, 0.1) is 0 Å². The fraction of sp³-hybridized carbons (Fsp3) is 0.0909. The van der Waals surface area contributed by atoms with Crippen LogP contribution < -0.4 is 10.1 Å². The second kappa shape index (κ2) is 8.06. The summed E-state index contributed by atoms with van der Waals surface area (Å²) in [6.45, 7) is 1.16. The van der Waals surface area contributed by atoms with Gasteiger partial charge in [-0.2, -0.15) is 0 Å². The lowest BCUT2D eigenvalue weighted by atomic mass is 10.2. The third kappa shape index (κ3) is 4.36. The summed E-state index contributed by atoms with van der Waals surface area (Å²) in [6.07, 6.45) is 3.36. The van der Waals surface area contributed by atoms with E-state index in [1.807, 2.05) is 66.7 Å². The van der Waals surface area contributed by atoms with Gasteiger partial charge in [0.25, 0.3) is 0 Å². The monoisotopic (exact) mass is 375 g/mol. The first-order valence-corrected chi connectivity index (χ1v) is 9.04. The third-order valence-corrected chi connectivity index (χ3v) is 4.53. The fourth-order valence-electron chi connectivity index (χ4n) is 2.79. The molecule has 0 aliphatic carbocycles. The zero-order valence-electron chi connectivity index (χ0n) is 14.6. The lowest BCUT2D eigenvalue weighted by molar-refractivity contribution is 0.306. The van der Waals surface area contributed by atoms with Crippen molar-refractivity contribution >= 4 is 28.2 Å². The quantitative estimate of drug-likeness (QED) is 0.485. The first kappa shape index (κ1) is 17.3. The van der Waals surface area contributed by atoms with Crippen molar-refractivity contribution in [3.8, 4) is 5.75 Å². The minimum atomic E-state index is 0.497. The zero-order chi connectivity index (χ0) is 18.5. The van der Waals surface area contributed by atoms with Crippen LogP contribution in [0.4, 0.5) is 5.69 Å². The van der Waals surface area contributed by atoms with Gasteiger partial charge < -0.3 is 10.1 Å². The molecule has 0 fully saturated rings. The molecule has 3 aromatic carbocycles. The molecule has 0 saturated heterocycles. The van der Waals surface area contributed by atoms with Gasteiger partial charge in [0, 0.05) is 23.8 Å². The number of aromatic nitrogens is 2. The Hall–Kier alpha value is -3.11. The molecule has 4 aromatic rings. The van der Waals surface area contributed by atoms with E-state index in [1.54, 1.807) is 12.5 Å². The summed E-state index contributed by atoms with van der Waals surface area (Å²) in [6, 6.07) is 21.9. The first-order valence-electron chi connectivity index (χ1n) is 8.67. The maximum Gasteiger partial charge on any atom is 0.138 e. The highest BCUT2D eigenvalue weighted by Crippen LogP contribution is 2.27. The summed E-state index contributed by atoms with van der Waals surface area (Å²) in [5.41, 5.74) is 4.11. The summed E-state index contributed by atoms with van der Waals surface area (Å²) in [7, 11) is 0. The van der Waals surface area contributed by atoms with Crippen molar-refractivity contribution in [2.45, 2.75) is 13.2 Å². The molecule has 0 aliphatic heterocycles. The molecular formula is C22H18ClN3O. The van der Waals surface area contributed by atoms with Crippen LogP contribution in [0.2, 0.25) is 5.02 Å². The van der Waals surface area contributed by atoms with E-state index >= 15 is 0 Å². The third-order valence-electron chi connectivity index (χ3n) is 4.24. The number of benzene rings is 3. The SMILES string of the molecule is Clc1cc(CNc2ccc3cncnc3c2)ccc1OCc1ccccc1. The largest absolute Gasteiger partial charge is 0.487 e. The number of fused-ring (bicyclic) bond motifs is 1. The number of nitrogens with zero attached hydrogens (tertiary/aromatic N) is 2. The second-order valence-corrected chi connectivity index (χ2v) is 6.60. The van der Waals surface area contributed by atoms with E-state index in [-0.39, 0.29) is 0 Å². The molecule has 0 amide bonds. The van der Waals surface area contributed by atoms with Gasteiger partial charge in [0.15, 0.2) is 0 Å².